The van der Waals surface area contributed by atoms with E-state index in [0.29, 0.717) is 0 Å². The van der Waals surface area contributed by atoms with Crippen LogP contribution in [-0.4, -0.2) is 0 Å². The lowest BCUT2D eigenvalue weighted by atomic mass is 9.94. The molecule has 2 heteroatoms. The molecule has 7 aromatic carbocycles. The number of para-hydroxylation sites is 2. The van der Waals surface area contributed by atoms with Gasteiger partial charge in [0.2, 0.25) is 0 Å². The van der Waals surface area contributed by atoms with Crippen LogP contribution in [0.15, 0.2) is 168 Å². The van der Waals surface area contributed by atoms with Gasteiger partial charge in [-0.15, -0.1) is 0 Å². The minimum Gasteiger partial charge on any atom is -0.456 e. The van der Waals surface area contributed by atoms with E-state index in [2.05, 4.69) is 169 Å². The zero-order chi connectivity index (χ0) is 27.9. The van der Waals surface area contributed by atoms with Crippen LogP contribution in [0.1, 0.15) is 0 Å². The molecule has 0 atom stereocenters. The fourth-order valence-corrected chi connectivity index (χ4v) is 6.22. The Hall–Kier alpha value is -5.60. The van der Waals surface area contributed by atoms with Crippen LogP contribution < -0.4 is 4.90 Å². The summed E-state index contributed by atoms with van der Waals surface area (Å²) in [5.41, 5.74) is 9.75. The van der Waals surface area contributed by atoms with E-state index in [1.54, 1.807) is 0 Å². The van der Waals surface area contributed by atoms with Crippen LogP contribution >= 0.6 is 0 Å². The Labute approximate surface area is 244 Å². The Morgan fingerprint density at radius 1 is 0.381 bits per heavy atom. The summed E-state index contributed by atoms with van der Waals surface area (Å²) in [4.78, 5) is 2.37. The third-order valence-electron chi connectivity index (χ3n) is 8.05. The number of anilines is 3. The van der Waals surface area contributed by atoms with Gasteiger partial charge >= 0.3 is 0 Å². The van der Waals surface area contributed by atoms with E-state index in [-0.39, 0.29) is 0 Å². The average Bonchev–Trinajstić information content (AvgIpc) is 3.46. The summed E-state index contributed by atoms with van der Waals surface area (Å²) in [7, 11) is 0. The van der Waals surface area contributed by atoms with Crippen LogP contribution in [0.2, 0.25) is 0 Å². The van der Waals surface area contributed by atoms with Crippen molar-refractivity contribution in [3.05, 3.63) is 164 Å². The smallest absolute Gasteiger partial charge is 0.137 e. The molecular weight excluding hydrogens is 510 g/mol. The maximum Gasteiger partial charge on any atom is 0.137 e. The molecule has 42 heavy (non-hydrogen) atoms. The molecule has 198 valence electrons. The van der Waals surface area contributed by atoms with E-state index in [9.17, 15) is 0 Å². The standard InChI is InChI=1S/C40H27NO/c1-4-15-28(16-5-1)31-21-12-13-24-35(31)41(30-19-8-3-9-20-30)36-25-14-26-37-40(36)39-33-23-11-10-22-32(33)34(27-38(39)42-37)29-17-6-2-7-18-29/h1-27H. The van der Waals surface area contributed by atoms with E-state index in [1.807, 2.05) is 0 Å². The summed E-state index contributed by atoms with van der Waals surface area (Å²) in [6.07, 6.45) is 0. The predicted molar refractivity (Wildman–Crippen MR) is 177 cm³/mol. The molecular formula is C40H27NO. The first kappa shape index (κ1) is 24.2. The highest BCUT2D eigenvalue weighted by molar-refractivity contribution is 6.25. The third kappa shape index (κ3) is 3.96. The summed E-state index contributed by atoms with van der Waals surface area (Å²) in [6, 6.07) is 57.7. The van der Waals surface area contributed by atoms with Crippen molar-refractivity contribution in [1.82, 2.24) is 0 Å². The van der Waals surface area contributed by atoms with Crippen molar-refractivity contribution < 1.29 is 4.42 Å². The lowest BCUT2D eigenvalue weighted by Gasteiger charge is -2.28. The SMILES string of the molecule is c1ccc(-c2ccccc2N(c2ccccc2)c2cccc3oc4cc(-c5ccccc5)c5ccccc5c4c23)cc1. The molecule has 0 spiro atoms. The second-order valence-electron chi connectivity index (χ2n) is 10.5. The van der Waals surface area contributed by atoms with Crippen LogP contribution in [0.3, 0.4) is 0 Å². The second kappa shape index (κ2) is 10.1. The summed E-state index contributed by atoms with van der Waals surface area (Å²) in [6.45, 7) is 0. The Morgan fingerprint density at radius 2 is 0.952 bits per heavy atom. The zero-order valence-electron chi connectivity index (χ0n) is 22.9. The number of nitrogens with zero attached hydrogens (tertiary/aromatic N) is 1. The van der Waals surface area contributed by atoms with Gasteiger partial charge in [-0.25, -0.2) is 0 Å². The molecule has 8 rings (SSSR count). The van der Waals surface area contributed by atoms with Crippen molar-refractivity contribution in [3.63, 3.8) is 0 Å². The van der Waals surface area contributed by atoms with Crippen molar-refractivity contribution in [2.75, 3.05) is 4.90 Å². The number of rotatable bonds is 5. The van der Waals surface area contributed by atoms with Gasteiger partial charge in [0, 0.05) is 16.6 Å². The molecule has 0 aliphatic carbocycles. The topological polar surface area (TPSA) is 16.4 Å². The minimum absolute atomic E-state index is 0.871. The Bertz CT molecular complexity index is 2180. The lowest BCUT2D eigenvalue weighted by Crippen LogP contribution is -2.11. The maximum atomic E-state index is 6.67. The third-order valence-corrected chi connectivity index (χ3v) is 8.05. The summed E-state index contributed by atoms with van der Waals surface area (Å²) >= 11 is 0. The molecule has 0 aliphatic heterocycles. The average molecular weight is 538 g/mol. The zero-order valence-corrected chi connectivity index (χ0v) is 22.9. The normalized spacial score (nSPS) is 11.3. The Morgan fingerprint density at radius 3 is 1.69 bits per heavy atom. The summed E-state index contributed by atoms with van der Waals surface area (Å²) < 4.78 is 6.67. The monoisotopic (exact) mass is 537 g/mol. The van der Waals surface area contributed by atoms with Crippen molar-refractivity contribution in [3.8, 4) is 22.3 Å². The van der Waals surface area contributed by atoms with E-state index in [0.717, 1.165) is 39.0 Å². The summed E-state index contributed by atoms with van der Waals surface area (Å²) in [5.74, 6) is 0. The van der Waals surface area contributed by atoms with Crippen LogP contribution in [0.5, 0.6) is 0 Å². The molecule has 0 saturated carbocycles. The van der Waals surface area contributed by atoms with Crippen LogP contribution in [0.25, 0.3) is 55.0 Å². The van der Waals surface area contributed by atoms with Crippen molar-refractivity contribution >= 4 is 49.8 Å². The number of furan rings is 1. The minimum atomic E-state index is 0.871. The van der Waals surface area contributed by atoms with Crippen LogP contribution in [-0.2, 0) is 0 Å². The molecule has 2 nitrogen and oxygen atoms in total. The fourth-order valence-electron chi connectivity index (χ4n) is 6.22. The maximum absolute atomic E-state index is 6.67. The van der Waals surface area contributed by atoms with Crippen molar-refractivity contribution in [2.45, 2.75) is 0 Å². The van der Waals surface area contributed by atoms with E-state index < -0.39 is 0 Å². The first-order valence-electron chi connectivity index (χ1n) is 14.3. The molecule has 1 heterocycles. The molecule has 0 amide bonds. The molecule has 1 aromatic heterocycles. The number of hydrogen-bond acceptors (Lipinski definition) is 2. The van der Waals surface area contributed by atoms with Gasteiger partial charge in [-0.1, -0.05) is 127 Å². The highest BCUT2D eigenvalue weighted by atomic mass is 16.3. The van der Waals surface area contributed by atoms with Crippen molar-refractivity contribution in [1.29, 1.82) is 0 Å². The number of fused-ring (bicyclic) bond motifs is 5. The van der Waals surface area contributed by atoms with E-state index >= 15 is 0 Å². The quantitative estimate of drug-likeness (QED) is 0.217. The van der Waals surface area contributed by atoms with Crippen molar-refractivity contribution in [2.24, 2.45) is 0 Å². The number of hydrogen-bond donors (Lipinski definition) is 0. The highest BCUT2D eigenvalue weighted by Crippen LogP contribution is 2.48. The first-order valence-corrected chi connectivity index (χ1v) is 14.3. The van der Waals surface area contributed by atoms with Crippen LogP contribution in [0, 0.1) is 0 Å². The van der Waals surface area contributed by atoms with Gasteiger partial charge in [0.05, 0.1) is 16.8 Å². The first-order chi connectivity index (χ1) is 20.9. The number of benzene rings is 7. The van der Waals surface area contributed by atoms with Crippen LogP contribution in [0.4, 0.5) is 17.1 Å². The Balaban J connectivity index is 1.47. The van der Waals surface area contributed by atoms with Gasteiger partial charge in [0.15, 0.2) is 0 Å². The van der Waals surface area contributed by atoms with Gasteiger partial charge in [-0.3, -0.25) is 0 Å². The van der Waals surface area contributed by atoms with Gasteiger partial charge < -0.3 is 9.32 Å². The summed E-state index contributed by atoms with van der Waals surface area (Å²) in [5, 5.41) is 4.64. The Kier molecular flexibility index (Phi) is 5.82. The lowest BCUT2D eigenvalue weighted by molar-refractivity contribution is 0.669. The molecule has 0 unspecified atom stereocenters. The molecule has 8 aromatic rings. The molecule has 0 bridgehead atoms. The predicted octanol–water partition coefficient (Wildman–Crippen LogP) is 11.5. The van der Waals surface area contributed by atoms with Gasteiger partial charge in [-0.05, 0) is 63.9 Å². The molecule has 0 aliphatic rings. The second-order valence-corrected chi connectivity index (χ2v) is 10.5. The van der Waals surface area contributed by atoms with E-state index in [1.165, 1.54) is 33.0 Å². The van der Waals surface area contributed by atoms with Gasteiger partial charge in [0.1, 0.15) is 11.2 Å². The van der Waals surface area contributed by atoms with Gasteiger partial charge in [-0.2, -0.15) is 0 Å². The molecule has 0 saturated heterocycles. The molecule has 0 fully saturated rings. The fraction of sp³-hybridized carbons (Fsp3) is 0. The van der Waals surface area contributed by atoms with Gasteiger partial charge in [0.25, 0.3) is 0 Å². The largest absolute Gasteiger partial charge is 0.456 e. The molecule has 0 N–H and O–H groups in total. The highest BCUT2D eigenvalue weighted by Gasteiger charge is 2.23. The van der Waals surface area contributed by atoms with E-state index in [4.69, 9.17) is 4.42 Å². The molecule has 0 radical (unpaired) electrons.